The first-order chi connectivity index (χ1) is 17.0. The highest BCUT2D eigenvalue weighted by molar-refractivity contribution is 6.02. The van der Waals surface area contributed by atoms with E-state index >= 15 is 0 Å². The lowest BCUT2D eigenvalue weighted by Crippen LogP contribution is -2.26. The Labute approximate surface area is 201 Å². The van der Waals surface area contributed by atoms with Gasteiger partial charge in [0.1, 0.15) is 17.6 Å². The summed E-state index contributed by atoms with van der Waals surface area (Å²) in [6, 6.07) is 16.2. The van der Waals surface area contributed by atoms with E-state index in [1.165, 1.54) is 10.9 Å². The Morgan fingerprint density at radius 2 is 1.77 bits per heavy atom. The van der Waals surface area contributed by atoms with Crippen LogP contribution in [0.25, 0.3) is 22.2 Å². The summed E-state index contributed by atoms with van der Waals surface area (Å²) in [7, 11) is 1.56. The number of nitrogens with one attached hydrogen (secondary N) is 1. The van der Waals surface area contributed by atoms with Crippen LogP contribution in [-0.4, -0.2) is 46.3 Å². The third-order valence-electron chi connectivity index (χ3n) is 5.47. The Morgan fingerprint density at radius 3 is 2.51 bits per heavy atom. The largest absolute Gasteiger partial charge is 0.462 e. The number of carbonyl (C=O) groups is 2. The number of amides is 1. The smallest absolute Gasteiger partial charge is 0.340 e. The molecule has 0 aliphatic heterocycles. The van der Waals surface area contributed by atoms with Crippen molar-refractivity contribution >= 4 is 28.6 Å². The lowest BCUT2D eigenvalue weighted by molar-refractivity contribution is -0.116. The summed E-state index contributed by atoms with van der Waals surface area (Å²) in [5.41, 5.74) is 2.78. The Morgan fingerprint density at radius 1 is 1.03 bits per heavy atom. The number of fused-ring (bicyclic) bond motifs is 1. The molecule has 1 amide bonds. The van der Waals surface area contributed by atoms with Gasteiger partial charge in [0.25, 0.3) is 5.56 Å². The zero-order chi connectivity index (χ0) is 24.8. The molecule has 4 rings (SSSR count). The summed E-state index contributed by atoms with van der Waals surface area (Å²) < 4.78 is 13.2. The molecule has 35 heavy (non-hydrogen) atoms. The maximum absolute atomic E-state index is 13.3. The SMILES string of the molecule is CCOC(=O)c1ccccc1NC(=O)Cn1cc(-c2ccccc2)c2ncn(CCOC)c(=O)c21. The minimum absolute atomic E-state index is 0.147. The first kappa shape index (κ1) is 23.9. The average molecular weight is 475 g/mol. The van der Waals surface area contributed by atoms with Gasteiger partial charge in [0, 0.05) is 18.9 Å². The molecule has 9 heteroatoms. The molecule has 0 atom stereocenters. The molecule has 0 aliphatic rings. The zero-order valence-corrected chi connectivity index (χ0v) is 19.6. The van der Waals surface area contributed by atoms with E-state index in [0.29, 0.717) is 29.9 Å². The fraction of sp³-hybridized carbons (Fsp3) is 0.231. The van der Waals surface area contributed by atoms with Gasteiger partial charge in [-0.3, -0.25) is 14.2 Å². The number of nitrogens with zero attached hydrogens (tertiary/aromatic N) is 3. The Kier molecular flexibility index (Phi) is 7.37. The molecule has 2 aromatic carbocycles. The number of aromatic nitrogens is 3. The van der Waals surface area contributed by atoms with Crippen molar-refractivity contribution in [1.29, 1.82) is 0 Å². The van der Waals surface area contributed by atoms with Gasteiger partial charge in [0.15, 0.2) is 0 Å². The topological polar surface area (TPSA) is 104 Å². The maximum Gasteiger partial charge on any atom is 0.340 e. The van der Waals surface area contributed by atoms with Crippen LogP contribution in [0.15, 0.2) is 71.9 Å². The molecule has 1 N–H and O–H groups in total. The van der Waals surface area contributed by atoms with Crippen LogP contribution in [0.4, 0.5) is 5.69 Å². The van der Waals surface area contributed by atoms with Crippen molar-refractivity contribution < 1.29 is 19.1 Å². The number of rotatable bonds is 9. The van der Waals surface area contributed by atoms with Crippen molar-refractivity contribution in [2.75, 3.05) is 25.6 Å². The van der Waals surface area contributed by atoms with Gasteiger partial charge in [-0.15, -0.1) is 0 Å². The van der Waals surface area contributed by atoms with Gasteiger partial charge in [-0.05, 0) is 24.6 Å². The van der Waals surface area contributed by atoms with Crippen LogP contribution in [0.3, 0.4) is 0 Å². The monoisotopic (exact) mass is 474 g/mol. The predicted octanol–water partition coefficient (Wildman–Crippen LogP) is 3.33. The van der Waals surface area contributed by atoms with E-state index in [1.54, 1.807) is 49.1 Å². The Bertz CT molecular complexity index is 1410. The van der Waals surface area contributed by atoms with Crippen LogP contribution in [0.2, 0.25) is 0 Å². The van der Waals surface area contributed by atoms with Gasteiger partial charge in [0.05, 0.1) is 37.3 Å². The van der Waals surface area contributed by atoms with E-state index in [0.717, 1.165) is 11.1 Å². The molecule has 0 fully saturated rings. The highest BCUT2D eigenvalue weighted by Gasteiger charge is 2.19. The molecule has 0 saturated carbocycles. The number of ether oxygens (including phenoxy) is 2. The predicted molar refractivity (Wildman–Crippen MR) is 132 cm³/mol. The highest BCUT2D eigenvalue weighted by Crippen LogP contribution is 2.27. The fourth-order valence-corrected chi connectivity index (χ4v) is 3.84. The third-order valence-corrected chi connectivity index (χ3v) is 5.47. The highest BCUT2D eigenvalue weighted by atomic mass is 16.5. The number of methoxy groups -OCH3 is 1. The molecule has 0 bridgehead atoms. The summed E-state index contributed by atoms with van der Waals surface area (Å²) >= 11 is 0. The summed E-state index contributed by atoms with van der Waals surface area (Å²) in [6.45, 7) is 2.48. The standard InChI is InChI=1S/C26H26N4O5/c1-3-35-26(33)19-11-7-8-12-21(19)28-22(31)16-30-15-20(18-9-5-4-6-10-18)23-24(30)25(32)29(17-27-23)13-14-34-2/h4-12,15,17H,3,13-14,16H2,1-2H3,(H,28,31). The van der Waals surface area contributed by atoms with Crippen molar-refractivity contribution in [1.82, 2.24) is 14.1 Å². The van der Waals surface area contributed by atoms with E-state index in [4.69, 9.17) is 9.47 Å². The minimum Gasteiger partial charge on any atom is -0.462 e. The summed E-state index contributed by atoms with van der Waals surface area (Å²) in [5.74, 6) is -0.920. The molecular weight excluding hydrogens is 448 g/mol. The zero-order valence-electron chi connectivity index (χ0n) is 19.6. The van der Waals surface area contributed by atoms with E-state index in [-0.39, 0.29) is 24.3 Å². The molecule has 4 aromatic rings. The summed E-state index contributed by atoms with van der Waals surface area (Å²) in [4.78, 5) is 43.1. The van der Waals surface area contributed by atoms with Crippen LogP contribution in [-0.2, 0) is 27.4 Å². The molecule has 0 saturated heterocycles. The number of carbonyl (C=O) groups excluding carboxylic acids is 2. The maximum atomic E-state index is 13.3. The second kappa shape index (κ2) is 10.8. The van der Waals surface area contributed by atoms with Gasteiger partial charge in [0.2, 0.25) is 5.91 Å². The molecule has 0 aliphatic carbocycles. The number of benzene rings is 2. The van der Waals surface area contributed by atoms with Crippen LogP contribution < -0.4 is 10.9 Å². The molecule has 0 unspecified atom stereocenters. The Hall–Kier alpha value is -4.24. The van der Waals surface area contributed by atoms with Crippen molar-refractivity contribution in [3.8, 4) is 11.1 Å². The van der Waals surface area contributed by atoms with Gasteiger partial charge >= 0.3 is 5.97 Å². The fourth-order valence-electron chi connectivity index (χ4n) is 3.84. The lowest BCUT2D eigenvalue weighted by Gasteiger charge is -2.11. The quantitative estimate of drug-likeness (QED) is 0.373. The molecule has 0 radical (unpaired) electrons. The number of esters is 1. The van der Waals surface area contributed by atoms with E-state index < -0.39 is 11.9 Å². The average Bonchev–Trinajstić information content (AvgIpc) is 3.23. The van der Waals surface area contributed by atoms with Gasteiger partial charge in [-0.2, -0.15) is 0 Å². The molecule has 9 nitrogen and oxygen atoms in total. The summed E-state index contributed by atoms with van der Waals surface area (Å²) in [6.07, 6.45) is 3.25. The van der Waals surface area contributed by atoms with Crippen molar-refractivity contribution in [3.05, 3.63) is 83.0 Å². The molecule has 2 heterocycles. The van der Waals surface area contributed by atoms with Crippen LogP contribution in [0.1, 0.15) is 17.3 Å². The van der Waals surface area contributed by atoms with Gasteiger partial charge in [-0.25, -0.2) is 9.78 Å². The first-order valence-corrected chi connectivity index (χ1v) is 11.2. The molecular formula is C26H26N4O5. The van der Waals surface area contributed by atoms with Crippen molar-refractivity contribution in [2.24, 2.45) is 0 Å². The normalized spacial score (nSPS) is 10.9. The van der Waals surface area contributed by atoms with Gasteiger partial charge in [-0.1, -0.05) is 42.5 Å². The number of anilines is 1. The lowest BCUT2D eigenvalue weighted by atomic mass is 10.1. The number of para-hydroxylation sites is 1. The second-order valence-corrected chi connectivity index (χ2v) is 7.78. The van der Waals surface area contributed by atoms with E-state index in [9.17, 15) is 14.4 Å². The minimum atomic E-state index is -0.522. The van der Waals surface area contributed by atoms with E-state index in [2.05, 4.69) is 10.3 Å². The molecule has 2 aromatic heterocycles. The third kappa shape index (κ3) is 5.15. The first-order valence-electron chi connectivity index (χ1n) is 11.2. The van der Waals surface area contributed by atoms with Crippen LogP contribution >= 0.6 is 0 Å². The van der Waals surface area contributed by atoms with Crippen LogP contribution in [0, 0.1) is 0 Å². The molecule has 180 valence electrons. The molecule has 0 spiro atoms. The number of hydrogen-bond donors (Lipinski definition) is 1. The second-order valence-electron chi connectivity index (χ2n) is 7.78. The Balaban J connectivity index is 1.71. The van der Waals surface area contributed by atoms with Crippen LogP contribution in [0.5, 0.6) is 0 Å². The summed E-state index contributed by atoms with van der Waals surface area (Å²) in [5, 5.41) is 2.77. The number of hydrogen-bond acceptors (Lipinski definition) is 6. The van der Waals surface area contributed by atoms with Crippen molar-refractivity contribution in [2.45, 2.75) is 20.0 Å². The van der Waals surface area contributed by atoms with Gasteiger partial charge < -0.3 is 19.4 Å². The van der Waals surface area contributed by atoms with Crippen molar-refractivity contribution in [3.63, 3.8) is 0 Å². The van der Waals surface area contributed by atoms with E-state index in [1.807, 2.05) is 30.3 Å².